The quantitative estimate of drug-likeness (QED) is 0.939. The van der Waals surface area contributed by atoms with Crippen LogP contribution in [0.4, 0.5) is 0 Å². The Hall–Kier alpha value is -2.36. The van der Waals surface area contributed by atoms with E-state index in [4.69, 9.17) is 0 Å². The summed E-state index contributed by atoms with van der Waals surface area (Å²) in [6, 6.07) is 10.7. The van der Waals surface area contributed by atoms with Gasteiger partial charge in [-0.1, -0.05) is 18.2 Å². The highest BCUT2D eigenvalue weighted by atomic mass is 16.3. The molecule has 1 amide bonds. The summed E-state index contributed by atoms with van der Waals surface area (Å²) in [6.07, 6.45) is 2.00. The van der Waals surface area contributed by atoms with Crippen LogP contribution in [0.1, 0.15) is 29.8 Å². The first-order valence-electron chi connectivity index (χ1n) is 6.94. The third-order valence-corrected chi connectivity index (χ3v) is 3.79. The van der Waals surface area contributed by atoms with Crippen molar-refractivity contribution in [3.63, 3.8) is 0 Å². The number of benzene rings is 1. The molecule has 0 saturated carbocycles. The summed E-state index contributed by atoms with van der Waals surface area (Å²) in [4.78, 5) is 18.4. The summed E-state index contributed by atoms with van der Waals surface area (Å²) < 4.78 is 0. The molecule has 0 saturated heterocycles. The van der Waals surface area contributed by atoms with Crippen LogP contribution in [0.25, 0.3) is 0 Å². The summed E-state index contributed by atoms with van der Waals surface area (Å²) in [7, 11) is 1.79. The zero-order valence-electron chi connectivity index (χ0n) is 12.6. The van der Waals surface area contributed by atoms with Gasteiger partial charge in [-0.3, -0.25) is 9.78 Å². The maximum Gasteiger partial charge on any atom is 0.228 e. The maximum absolute atomic E-state index is 12.4. The fraction of sp³-hybridized carbons (Fsp3) is 0.294. The number of carbonyl (C=O) groups excluding carboxylic acids is 1. The number of phenolic OH excluding ortho intramolecular Hbond substituents is 1. The number of aryl methyl sites for hydroxylation is 1. The molecule has 21 heavy (non-hydrogen) atoms. The van der Waals surface area contributed by atoms with Gasteiger partial charge in [0.25, 0.3) is 0 Å². The molecule has 1 N–H and O–H groups in total. The lowest BCUT2D eigenvalue weighted by Crippen LogP contribution is -2.31. The van der Waals surface area contributed by atoms with Crippen LogP contribution in [0.5, 0.6) is 5.75 Å². The van der Waals surface area contributed by atoms with Gasteiger partial charge in [-0.15, -0.1) is 0 Å². The maximum atomic E-state index is 12.4. The largest absolute Gasteiger partial charge is 0.508 e. The van der Waals surface area contributed by atoms with Crippen LogP contribution in [-0.2, 0) is 11.2 Å². The average molecular weight is 284 g/mol. The van der Waals surface area contributed by atoms with Crippen molar-refractivity contribution in [1.29, 1.82) is 0 Å². The van der Waals surface area contributed by atoms with E-state index in [2.05, 4.69) is 4.98 Å². The van der Waals surface area contributed by atoms with E-state index in [1.54, 1.807) is 30.3 Å². The molecule has 0 fully saturated rings. The molecule has 110 valence electrons. The minimum Gasteiger partial charge on any atom is -0.508 e. The smallest absolute Gasteiger partial charge is 0.228 e. The highest BCUT2D eigenvalue weighted by Gasteiger charge is 2.18. The Balaban J connectivity index is 2.08. The highest BCUT2D eigenvalue weighted by molar-refractivity contribution is 5.78. The van der Waals surface area contributed by atoms with Crippen molar-refractivity contribution in [3.8, 4) is 5.75 Å². The molecule has 1 unspecified atom stereocenters. The number of aromatic hydroxyl groups is 1. The first-order chi connectivity index (χ1) is 9.99. The van der Waals surface area contributed by atoms with Gasteiger partial charge < -0.3 is 10.0 Å². The Kier molecular flexibility index (Phi) is 4.58. The van der Waals surface area contributed by atoms with E-state index < -0.39 is 0 Å². The lowest BCUT2D eigenvalue weighted by atomic mass is 10.1. The number of nitrogens with zero attached hydrogens (tertiary/aromatic N) is 2. The van der Waals surface area contributed by atoms with Crippen molar-refractivity contribution in [2.24, 2.45) is 0 Å². The minimum atomic E-state index is -0.0536. The van der Waals surface area contributed by atoms with Gasteiger partial charge in [0.1, 0.15) is 5.75 Å². The number of aromatic nitrogens is 1. The van der Waals surface area contributed by atoms with Gasteiger partial charge in [0.15, 0.2) is 0 Å². The SMILES string of the molecule is Cc1cccnc1CC(=O)N(C)C(C)c1ccc(O)cc1. The predicted octanol–water partition coefficient (Wildman–Crippen LogP) is 2.86. The number of phenols is 1. The molecule has 4 heteroatoms. The summed E-state index contributed by atoms with van der Waals surface area (Å²) >= 11 is 0. The molecule has 1 atom stereocenters. The fourth-order valence-corrected chi connectivity index (χ4v) is 2.16. The van der Waals surface area contributed by atoms with E-state index in [0.717, 1.165) is 16.8 Å². The summed E-state index contributed by atoms with van der Waals surface area (Å²) in [5, 5.41) is 9.32. The zero-order valence-corrected chi connectivity index (χ0v) is 12.6. The van der Waals surface area contributed by atoms with Crippen molar-refractivity contribution in [3.05, 3.63) is 59.4 Å². The molecule has 2 rings (SSSR count). The van der Waals surface area contributed by atoms with Crippen molar-refractivity contribution in [2.75, 3.05) is 7.05 Å². The van der Waals surface area contributed by atoms with Gasteiger partial charge in [-0.05, 0) is 43.2 Å². The Bertz CT molecular complexity index is 623. The van der Waals surface area contributed by atoms with Crippen LogP contribution >= 0.6 is 0 Å². The number of likely N-dealkylation sites (N-methyl/N-ethyl adjacent to an activating group) is 1. The number of carbonyl (C=O) groups is 1. The molecule has 0 aliphatic rings. The Morgan fingerprint density at radius 2 is 1.95 bits per heavy atom. The van der Waals surface area contributed by atoms with E-state index in [0.29, 0.717) is 6.42 Å². The second-order valence-corrected chi connectivity index (χ2v) is 5.22. The van der Waals surface area contributed by atoms with Crippen LogP contribution in [0.15, 0.2) is 42.6 Å². The van der Waals surface area contributed by atoms with E-state index in [-0.39, 0.29) is 17.7 Å². The molecule has 4 nitrogen and oxygen atoms in total. The van der Waals surface area contributed by atoms with Gasteiger partial charge in [-0.25, -0.2) is 0 Å². The minimum absolute atomic E-state index is 0.0253. The third-order valence-electron chi connectivity index (χ3n) is 3.79. The third kappa shape index (κ3) is 3.60. The highest BCUT2D eigenvalue weighted by Crippen LogP contribution is 2.21. The van der Waals surface area contributed by atoms with Crippen molar-refractivity contribution < 1.29 is 9.90 Å². The second kappa shape index (κ2) is 6.39. The van der Waals surface area contributed by atoms with E-state index in [1.165, 1.54) is 0 Å². The van der Waals surface area contributed by atoms with Gasteiger partial charge in [-0.2, -0.15) is 0 Å². The molecule has 0 aliphatic carbocycles. The summed E-state index contributed by atoms with van der Waals surface area (Å²) in [6.45, 7) is 3.93. The van der Waals surface area contributed by atoms with Crippen LogP contribution in [0.2, 0.25) is 0 Å². The monoisotopic (exact) mass is 284 g/mol. The van der Waals surface area contributed by atoms with Crippen molar-refractivity contribution >= 4 is 5.91 Å². The predicted molar refractivity (Wildman–Crippen MR) is 82.0 cm³/mol. The fourth-order valence-electron chi connectivity index (χ4n) is 2.16. The Morgan fingerprint density at radius 3 is 2.57 bits per heavy atom. The van der Waals surface area contributed by atoms with Gasteiger partial charge in [0.2, 0.25) is 5.91 Å². The number of pyridine rings is 1. The Morgan fingerprint density at radius 1 is 1.29 bits per heavy atom. The number of rotatable bonds is 4. The summed E-state index contributed by atoms with van der Waals surface area (Å²) in [5.41, 5.74) is 2.82. The van der Waals surface area contributed by atoms with E-state index in [1.807, 2.05) is 38.1 Å². The molecular formula is C17H20N2O2. The molecule has 1 heterocycles. The van der Waals surface area contributed by atoms with Gasteiger partial charge in [0.05, 0.1) is 18.2 Å². The summed E-state index contributed by atoms with van der Waals surface area (Å²) in [5.74, 6) is 0.251. The van der Waals surface area contributed by atoms with Crippen LogP contribution < -0.4 is 0 Å². The number of amides is 1. The van der Waals surface area contributed by atoms with E-state index in [9.17, 15) is 9.90 Å². The van der Waals surface area contributed by atoms with Crippen molar-refractivity contribution in [1.82, 2.24) is 9.88 Å². The van der Waals surface area contributed by atoms with E-state index >= 15 is 0 Å². The molecular weight excluding hydrogens is 264 g/mol. The first kappa shape index (κ1) is 15.0. The number of hydrogen-bond acceptors (Lipinski definition) is 3. The first-order valence-corrected chi connectivity index (χ1v) is 6.94. The zero-order chi connectivity index (χ0) is 15.4. The van der Waals surface area contributed by atoms with Gasteiger partial charge in [0, 0.05) is 13.2 Å². The number of hydrogen-bond donors (Lipinski definition) is 1. The van der Waals surface area contributed by atoms with Crippen LogP contribution in [-0.4, -0.2) is 27.9 Å². The molecule has 1 aromatic carbocycles. The lowest BCUT2D eigenvalue weighted by molar-refractivity contribution is -0.131. The Labute approximate surface area is 125 Å². The topological polar surface area (TPSA) is 53.4 Å². The normalized spacial score (nSPS) is 12.0. The van der Waals surface area contributed by atoms with Gasteiger partial charge >= 0.3 is 0 Å². The second-order valence-electron chi connectivity index (χ2n) is 5.22. The molecule has 0 spiro atoms. The molecule has 1 aromatic heterocycles. The molecule has 0 bridgehead atoms. The van der Waals surface area contributed by atoms with Crippen LogP contribution in [0.3, 0.4) is 0 Å². The van der Waals surface area contributed by atoms with Crippen molar-refractivity contribution in [2.45, 2.75) is 26.3 Å². The standard InChI is InChI=1S/C17H20N2O2/c1-12-5-4-10-18-16(12)11-17(21)19(3)13(2)14-6-8-15(20)9-7-14/h4-10,13,20H,11H2,1-3H3. The molecule has 2 aromatic rings. The lowest BCUT2D eigenvalue weighted by Gasteiger charge is -2.25. The average Bonchev–Trinajstić information content (AvgIpc) is 2.49. The van der Waals surface area contributed by atoms with Crippen LogP contribution in [0, 0.1) is 6.92 Å². The molecule has 0 radical (unpaired) electrons. The molecule has 0 aliphatic heterocycles.